The van der Waals surface area contributed by atoms with Gasteiger partial charge in [-0.3, -0.25) is 9.59 Å². The van der Waals surface area contributed by atoms with Crippen molar-refractivity contribution in [3.8, 4) is 0 Å². The van der Waals surface area contributed by atoms with Crippen molar-refractivity contribution in [2.24, 2.45) is 0 Å². The highest BCUT2D eigenvalue weighted by atomic mass is 35.5. The predicted molar refractivity (Wildman–Crippen MR) is 96.3 cm³/mol. The molecule has 1 atom stereocenters. The summed E-state index contributed by atoms with van der Waals surface area (Å²) < 4.78 is 5.36. The standard InChI is InChI=1S/C17H15Cl2N3O3/c18-10-3-5-12(16(23)22-15-6-4-11(19)9-20-15)13(8-10)21-17(24)14-2-1-7-25-14/h3-6,8-9,14H,1-2,7H2,(H,21,24)(H,20,22,23)/t14-/m0/s1. The molecule has 0 unspecified atom stereocenters. The van der Waals surface area contributed by atoms with Crippen molar-refractivity contribution < 1.29 is 14.3 Å². The molecule has 8 heteroatoms. The van der Waals surface area contributed by atoms with Crippen LogP contribution < -0.4 is 10.6 Å². The van der Waals surface area contributed by atoms with Crippen LogP contribution in [0.4, 0.5) is 11.5 Å². The van der Waals surface area contributed by atoms with Crippen molar-refractivity contribution >= 4 is 46.5 Å². The number of pyridine rings is 1. The SMILES string of the molecule is O=C(Nc1ccc(Cl)cn1)c1ccc(Cl)cc1NC(=O)[C@@H]1CCCO1. The van der Waals surface area contributed by atoms with Crippen LogP contribution in [0.15, 0.2) is 36.5 Å². The maximum absolute atomic E-state index is 12.5. The molecule has 0 radical (unpaired) electrons. The zero-order chi connectivity index (χ0) is 17.8. The second-order valence-corrected chi connectivity index (χ2v) is 6.37. The van der Waals surface area contributed by atoms with Crippen LogP contribution in [0.2, 0.25) is 10.0 Å². The molecule has 130 valence electrons. The van der Waals surface area contributed by atoms with Gasteiger partial charge in [-0.2, -0.15) is 0 Å². The molecule has 1 aromatic carbocycles. The third kappa shape index (κ3) is 4.48. The van der Waals surface area contributed by atoms with Crippen molar-refractivity contribution in [2.45, 2.75) is 18.9 Å². The van der Waals surface area contributed by atoms with E-state index in [-0.39, 0.29) is 11.5 Å². The molecule has 1 fully saturated rings. The Labute approximate surface area is 154 Å². The molecule has 1 aromatic heterocycles. The van der Waals surface area contributed by atoms with E-state index < -0.39 is 12.0 Å². The van der Waals surface area contributed by atoms with Crippen LogP contribution in [0.25, 0.3) is 0 Å². The third-order valence-electron chi connectivity index (χ3n) is 3.68. The summed E-state index contributed by atoms with van der Waals surface area (Å²) in [7, 11) is 0. The Kier molecular flexibility index (Phi) is 5.53. The summed E-state index contributed by atoms with van der Waals surface area (Å²) in [4.78, 5) is 28.8. The smallest absolute Gasteiger partial charge is 0.258 e. The largest absolute Gasteiger partial charge is 0.368 e. The summed E-state index contributed by atoms with van der Waals surface area (Å²) in [6.07, 6.45) is 2.41. The number of anilines is 2. The van der Waals surface area contributed by atoms with E-state index in [0.717, 1.165) is 6.42 Å². The van der Waals surface area contributed by atoms with Gasteiger partial charge in [0, 0.05) is 17.8 Å². The van der Waals surface area contributed by atoms with Crippen LogP contribution in [0.3, 0.4) is 0 Å². The van der Waals surface area contributed by atoms with Crippen LogP contribution in [0.1, 0.15) is 23.2 Å². The Bertz CT molecular complexity index is 790. The highest BCUT2D eigenvalue weighted by Gasteiger charge is 2.25. The average molecular weight is 380 g/mol. The van der Waals surface area contributed by atoms with Crippen molar-refractivity contribution in [1.29, 1.82) is 0 Å². The van der Waals surface area contributed by atoms with Crippen LogP contribution >= 0.6 is 23.2 Å². The number of amides is 2. The van der Waals surface area contributed by atoms with E-state index in [4.69, 9.17) is 27.9 Å². The van der Waals surface area contributed by atoms with Crippen molar-refractivity contribution in [3.63, 3.8) is 0 Å². The molecule has 2 amide bonds. The van der Waals surface area contributed by atoms with Crippen LogP contribution in [-0.4, -0.2) is 29.5 Å². The molecule has 25 heavy (non-hydrogen) atoms. The fourth-order valence-corrected chi connectivity index (χ4v) is 2.73. The molecular weight excluding hydrogens is 365 g/mol. The molecule has 0 spiro atoms. The molecule has 2 heterocycles. The van der Waals surface area contributed by atoms with Gasteiger partial charge in [-0.1, -0.05) is 23.2 Å². The van der Waals surface area contributed by atoms with Gasteiger partial charge in [0.15, 0.2) is 0 Å². The number of ether oxygens (including phenoxy) is 1. The van der Waals surface area contributed by atoms with Gasteiger partial charge in [0.2, 0.25) is 0 Å². The molecule has 1 aliphatic heterocycles. The lowest BCUT2D eigenvalue weighted by Gasteiger charge is -2.14. The quantitative estimate of drug-likeness (QED) is 0.847. The maximum atomic E-state index is 12.5. The summed E-state index contributed by atoms with van der Waals surface area (Å²) in [6, 6.07) is 7.84. The van der Waals surface area contributed by atoms with Crippen molar-refractivity contribution in [2.75, 3.05) is 17.2 Å². The van der Waals surface area contributed by atoms with E-state index in [9.17, 15) is 9.59 Å². The highest BCUT2D eigenvalue weighted by molar-refractivity contribution is 6.31. The number of halogens is 2. The summed E-state index contributed by atoms with van der Waals surface area (Å²) in [5.74, 6) is -0.367. The number of nitrogens with zero attached hydrogens (tertiary/aromatic N) is 1. The lowest BCUT2D eigenvalue weighted by atomic mass is 10.1. The number of benzene rings is 1. The van der Waals surface area contributed by atoms with Gasteiger partial charge in [0.25, 0.3) is 11.8 Å². The number of carbonyl (C=O) groups is 2. The first-order valence-electron chi connectivity index (χ1n) is 7.68. The van der Waals surface area contributed by atoms with Gasteiger partial charge in [-0.25, -0.2) is 4.98 Å². The fraction of sp³-hybridized carbons (Fsp3) is 0.235. The van der Waals surface area contributed by atoms with E-state index in [1.807, 2.05) is 0 Å². The van der Waals surface area contributed by atoms with Gasteiger partial charge >= 0.3 is 0 Å². The summed E-state index contributed by atoms with van der Waals surface area (Å²) in [6.45, 7) is 0.559. The molecule has 1 aliphatic rings. The first kappa shape index (κ1) is 17.7. The van der Waals surface area contributed by atoms with E-state index in [1.54, 1.807) is 24.3 Å². The first-order valence-corrected chi connectivity index (χ1v) is 8.43. The normalized spacial score (nSPS) is 16.5. The van der Waals surface area contributed by atoms with Crippen LogP contribution in [-0.2, 0) is 9.53 Å². The summed E-state index contributed by atoms with van der Waals surface area (Å²) in [5.41, 5.74) is 0.590. The van der Waals surface area contributed by atoms with E-state index in [1.165, 1.54) is 12.3 Å². The number of carbonyl (C=O) groups excluding carboxylic acids is 2. The van der Waals surface area contributed by atoms with Crippen molar-refractivity contribution in [1.82, 2.24) is 4.98 Å². The average Bonchev–Trinajstić information content (AvgIpc) is 3.11. The molecule has 1 saturated heterocycles. The van der Waals surface area contributed by atoms with E-state index >= 15 is 0 Å². The molecule has 6 nitrogen and oxygen atoms in total. The Hall–Kier alpha value is -2.15. The lowest BCUT2D eigenvalue weighted by molar-refractivity contribution is -0.124. The van der Waals surface area contributed by atoms with E-state index in [2.05, 4.69) is 15.6 Å². The topological polar surface area (TPSA) is 80.3 Å². The molecule has 3 rings (SSSR count). The first-order chi connectivity index (χ1) is 12.0. The molecule has 0 saturated carbocycles. The summed E-state index contributed by atoms with van der Waals surface area (Å²) >= 11 is 11.8. The molecular formula is C17H15Cl2N3O3. The number of hydrogen-bond donors (Lipinski definition) is 2. The van der Waals surface area contributed by atoms with Crippen LogP contribution in [0, 0.1) is 0 Å². The highest BCUT2D eigenvalue weighted by Crippen LogP contribution is 2.24. The number of nitrogens with one attached hydrogen (secondary N) is 2. The van der Waals surface area contributed by atoms with E-state index in [0.29, 0.717) is 34.6 Å². The molecule has 0 bridgehead atoms. The molecule has 0 aliphatic carbocycles. The van der Waals surface area contributed by atoms with Gasteiger partial charge in [-0.15, -0.1) is 0 Å². The third-order valence-corrected chi connectivity index (χ3v) is 4.13. The minimum atomic E-state index is -0.507. The second-order valence-electron chi connectivity index (χ2n) is 5.50. The molecule has 2 aromatic rings. The Balaban J connectivity index is 1.79. The van der Waals surface area contributed by atoms with Gasteiger partial charge in [0.05, 0.1) is 16.3 Å². The minimum Gasteiger partial charge on any atom is -0.368 e. The van der Waals surface area contributed by atoms with Gasteiger partial charge in [-0.05, 0) is 43.2 Å². The van der Waals surface area contributed by atoms with Crippen molar-refractivity contribution in [3.05, 3.63) is 52.1 Å². The minimum absolute atomic E-state index is 0.271. The van der Waals surface area contributed by atoms with Gasteiger partial charge < -0.3 is 15.4 Å². The zero-order valence-corrected chi connectivity index (χ0v) is 14.6. The van der Waals surface area contributed by atoms with Gasteiger partial charge in [0.1, 0.15) is 11.9 Å². The number of rotatable bonds is 4. The monoisotopic (exact) mass is 379 g/mol. The second kappa shape index (κ2) is 7.82. The lowest BCUT2D eigenvalue weighted by Crippen LogP contribution is -2.28. The Morgan fingerprint density at radius 3 is 2.60 bits per heavy atom. The molecule has 2 N–H and O–H groups in total. The Morgan fingerprint density at radius 2 is 1.92 bits per heavy atom. The number of aromatic nitrogens is 1. The fourth-order valence-electron chi connectivity index (χ4n) is 2.45. The maximum Gasteiger partial charge on any atom is 0.258 e. The zero-order valence-electron chi connectivity index (χ0n) is 13.1. The summed E-state index contributed by atoms with van der Waals surface area (Å²) in [5, 5.41) is 6.25. The number of hydrogen-bond acceptors (Lipinski definition) is 4. The Morgan fingerprint density at radius 1 is 1.12 bits per heavy atom. The van der Waals surface area contributed by atoms with Crippen LogP contribution in [0.5, 0.6) is 0 Å². The predicted octanol–water partition coefficient (Wildman–Crippen LogP) is 3.76.